The van der Waals surface area contributed by atoms with Crippen molar-refractivity contribution in [2.24, 2.45) is 5.92 Å². The van der Waals surface area contributed by atoms with Gasteiger partial charge >= 0.3 is 0 Å². The fourth-order valence-electron chi connectivity index (χ4n) is 9.27. The van der Waals surface area contributed by atoms with Gasteiger partial charge in [-0.1, -0.05) is 129 Å². The lowest BCUT2D eigenvalue weighted by molar-refractivity contribution is 0.421. The fraction of sp³-hybridized carbons (Fsp3) is 0.184. The summed E-state index contributed by atoms with van der Waals surface area (Å²) in [7, 11) is 0. The average Bonchev–Trinajstić information content (AvgIpc) is 3.40. The number of rotatable bonds is 4. The molecule has 51 heavy (non-hydrogen) atoms. The molecular weight excluding hydrogens is 617 g/mol. The zero-order chi connectivity index (χ0) is 34.1. The van der Waals surface area contributed by atoms with Crippen molar-refractivity contribution in [1.29, 1.82) is 0 Å². The molecule has 2 heterocycles. The Balaban J connectivity index is 0.920. The molecule has 2 heteroatoms. The van der Waals surface area contributed by atoms with Crippen LogP contribution >= 0.6 is 0 Å². The summed E-state index contributed by atoms with van der Waals surface area (Å²) in [5.41, 5.74) is 15.8. The van der Waals surface area contributed by atoms with Gasteiger partial charge in [-0.2, -0.15) is 0 Å². The predicted molar refractivity (Wildman–Crippen MR) is 217 cm³/mol. The molecule has 6 aromatic rings. The highest BCUT2D eigenvalue weighted by atomic mass is 15.2. The highest BCUT2D eigenvalue weighted by Gasteiger charge is 2.37. The Morgan fingerprint density at radius 3 is 2.04 bits per heavy atom. The minimum Gasteiger partial charge on any atom is -0.364 e. The molecule has 0 radical (unpaired) electrons. The standard InChI is InChI=1S/C49H42N2/c1-49(2)44-29-34(20-25-42(44)43-26-24-40(32-45(43)49)50-27-9-13-35-10-3-6-14-46(35)50)18-17-33-19-21-37-31-41(23-22-36(37)28-33)51-47-15-7-4-11-38(47)30-39-12-5-8-16-48(39)51/h3-8,10-12,14-26,28-29,31-32,35,46H,9,13,27,30H2,1-2H3. The molecule has 2 unspecified atom stereocenters. The molecular formula is C49H42N2. The Morgan fingerprint density at radius 2 is 1.24 bits per heavy atom. The van der Waals surface area contributed by atoms with Gasteiger partial charge in [0.1, 0.15) is 0 Å². The molecule has 10 rings (SSSR count). The van der Waals surface area contributed by atoms with E-state index in [4.69, 9.17) is 0 Å². The number of para-hydroxylation sites is 2. The number of piperidine rings is 1. The van der Waals surface area contributed by atoms with E-state index in [9.17, 15) is 0 Å². The number of benzene rings is 6. The van der Waals surface area contributed by atoms with Crippen LogP contribution in [0.1, 0.15) is 60.1 Å². The lowest BCUT2D eigenvalue weighted by atomic mass is 9.81. The van der Waals surface area contributed by atoms with Crippen molar-refractivity contribution in [3.05, 3.63) is 179 Å². The maximum Gasteiger partial charge on any atom is 0.0538 e. The Kier molecular flexibility index (Phi) is 6.96. The van der Waals surface area contributed by atoms with Crippen LogP contribution in [-0.4, -0.2) is 12.6 Å². The Bertz CT molecular complexity index is 2400. The first-order valence-electron chi connectivity index (χ1n) is 18.6. The van der Waals surface area contributed by atoms with Gasteiger partial charge in [-0.3, -0.25) is 0 Å². The third-order valence-electron chi connectivity index (χ3n) is 11.9. The Labute approximate surface area is 301 Å². The van der Waals surface area contributed by atoms with E-state index in [1.165, 1.54) is 90.9 Å². The molecule has 0 saturated carbocycles. The molecule has 248 valence electrons. The summed E-state index contributed by atoms with van der Waals surface area (Å²) in [6, 6.07) is 46.0. The van der Waals surface area contributed by atoms with Crippen LogP contribution in [0.5, 0.6) is 0 Å². The third-order valence-corrected chi connectivity index (χ3v) is 11.9. The monoisotopic (exact) mass is 658 g/mol. The number of allylic oxidation sites excluding steroid dienone is 2. The van der Waals surface area contributed by atoms with Crippen molar-refractivity contribution < 1.29 is 0 Å². The van der Waals surface area contributed by atoms with Gasteiger partial charge in [-0.25, -0.2) is 0 Å². The van der Waals surface area contributed by atoms with E-state index in [-0.39, 0.29) is 5.41 Å². The van der Waals surface area contributed by atoms with Gasteiger partial charge in [-0.15, -0.1) is 0 Å². The van der Waals surface area contributed by atoms with Crippen LogP contribution in [0.25, 0.3) is 34.1 Å². The molecule has 2 aliphatic carbocycles. The summed E-state index contributed by atoms with van der Waals surface area (Å²) < 4.78 is 0. The van der Waals surface area contributed by atoms with Crippen molar-refractivity contribution in [3.63, 3.8) is 0 Å². The second-order valence-electron chi connectivity index (χ2n) is 15.3. The Morgan fingerprint density at radius 1 is 0.608 bits per heavy atom. The zero-order valence-electron chi connectivity index (χ0n) is 29.4. The van der Waals surface area contributed by atoms with Crippen LogP contribution in [-0.2, 0) is 11.8 Å². The van der Waals surface area contributed by atoms with Gasteiger partial charge in [-0.05, 0) is 111 Å². The molecule has 2 nitrogen and oxygen atoms in total. The number of fused-ring (bicyclic) bond motifs is 7. The Hall–Kier alpha value is -5.60. The van der Waals surface area contributed by atoms with E-state index < -0.39 is 0 Å². The van der Waals surface area contributed by atoms with Crippen LogP contribution in [0.2, 0.25) is 0 Å². The lowest BCUT2D eigenvalue weighted by Crippen LogP contribution is -2.44. The van der Waals surface area contributed by atoms with E-state index >= 15 is 0 Å². The van der Waals surface area contributed by atoms with Crippen LogP contribution < -0.4 is 9.80 Å². The number of hydrogen-bond acceptors (Lipinski definition) is 2. The fourth-order valence-corrected chi connectivity index (χ4v) is 9.27. The first-order valence-corrected chi connectivity index (χ1v) is 18.6. The molecule has 0 N–H and O–H groups in total. The van der Waals surface area contributed by atoms with Crippen molar-refractivity contribution >= 4 is 45.7 Å². The van der Waals surface area contributed by atoms with E-state index in [0.717, 1.165) is 13.0 Å². The number of hydrogen-bond donors (Lipinski definition) is 0. The van der Waals surface area contributed by atoms with Gasteiger partial charge in [0.2, 0.25) is 0 Å². The topological polar surface area (TPSA) is 6.48 Å². The molecule has 0 spiro atoms. The number of nitrogens with zero attached hydrogens (tertiary/aromatic N) is 2. The van der Waals surface area contributed by atoms with E-state index in [1.54, 1.807) is 0 Å². The van der Waals surface area contributed by atoms with Gasteiger partial charge in [0, 0.05) is 47.0 Å². The van der Waals surface area contributed by atoms with Crippen LogP contribution in [0.4, 0.5) is 22.7 Å². The highest BCUT2D eigenvalue weighted by Crippen LogP contribution is 2.51. The van der Waals surface area contributed by atoms with Crippen molar-refractivity contribution in [2.45, 2.75) is 44.6 Å². The quantitative estimate of drug-likeness (QED) is 0.174. The molecule has 0 amide bonds. The van der Waals surface area contributed by atoms with E-state index in [0.29, 0.717) is 12.0 Å². The third kappa shape index (κ3) is 5.00. The molecule has 6 aromatic carbocycles. The highest BCUT2D eigenvalue weighted by molar-refractivity contribution is 5.93. The molecule has 2 aliphatic heterocycles. The molecule has 1 saturated heterocycles. The smallest absolute Gasteiger partial charge is 0.0538 e. The van der Waals surface area contributed by atoms with E-state index in [2.05, 4.69) is 181 Å². The maximum atomic E-state index is 2.64. The van der Waals surface area contributed by atoms with Gasteiger partial charge < -0.3 is 9.80 Å². The van der Waals surface area contributed by atoms with Crippen LogP contribution in [0.3, 0.4) is 0 Å². The lowest BCUT2D eigenvalue weighted by Gasteiger charge is -2.41. The van der Waals surface area contributed by atoms with Crippen LogP contribution in [0.15, 0.2) is 146 Å². The summed E-state index contributed by atoms with van der Waals surface area (Å²) in [6.07, 6.45) is 17.3. The molecule has 1 fully saturated rings. The first-order chi connectivity index (χ1) is 25.0. The average molecular weight is 659 g/mol. The minimum atomic E-state index is -0.0575. The second-order valence-corrected chi connectivity index (χ2v) is 15.3. The summed E-state index contributed by atoms with van der Waals surface area (Å²) in [5.74, 6) is 0.618. The summed E-state index contributed by atoms with van der Waals surface area (Å²) in [5, 5.41) is 2.50. The van der Waals surface area contributed by atoms with Gasteiger partial charge in [0.15, 0.2) is 0 Å². The predicted octanol–water partition coefficient (Wildman–Crippen LogP) is 12.4. The summed E-state index contributed by atoms with van der Waals surface area (Å²) in [4.78, 5) is 5.06. The van der Waals surface area contributed by atoms with Gasteiger partial charge in [0.05, 0.1) is 6.04 Å². The van der Waals surface area contributed by atoms with Crippen molar-refractivity contribution in [2.75, 3.05) is 16.3 Å². The normalized spacial score (nSPS) is 19.5. The molecule has 0 bridgehead atoms. The maximum absolute atomic E-state index is 2.64. The molecule has 2 atom stereocenters. The first kappa shape index (κ1) is 30.2. The second kappa shape index (κ2) is 11.7. The van der Waals surface area contributed by atoms with Crippen LogP contribution in [0, 0.1) is 5.92 Å². The molecule has 0 aromatic heterocycles. The largest absolute Gasteiger partial charge is 0.364 e. The van der Waals surface area contributed by atoms with Gasteiger partial charge in [0.25, 0.3) is 0 Å². The van der Waals surface area contributed by atoms with Crippen molar-refractivity contribution in [3.8, 4) is 11.1 Å². The number of anilines is 4. The molecule has 4 aliphatic rings. The van der Waals surface area contributed by atoms with Crippen molar-refractivity contribution in [1.82, 2.24) is 0 Å². The summed E-state index contributed by atoms with van der Waals surface area (Å²) >= 11 is 0. The SMILES string of the molecule is CC1(C)c2cc(C=Cc3ccc4cc(N5c6ccccc6Cc6ccccc65)ccc4c3)ccc2-c2ccc(N3CCCC4C=CC=CC43)cc21. The minimum absolute atomic E-state index is 0.0575. The summed E-state index contributed by atoms with van der Waals surface area (Å²) in [6.45, 7) is 5.92. The van der Waals surface area contributed by atoms with E-state index in [1.807, 2.05) is 0 Å². The zero-order valence-corrected chi connectivity index (χ0v) is 29.4.